The maximum atomic E-state index is 11.3. The Morgan fingerprint density at radius 2 is 2.24 bits per heavy atom. The molecule has 1 aromatic carbocycles. The normalized spacial score (nSPS) is 10.3. The Labute approximate surface area is 98.0 Å². The molecular formula is C12H12N2O3. The number of hydrogen-bond donors (Lipinski definition) is 2. The lowest BCUT2D eigenvalue weighted by Crippen LogP contribution is -2.20. The molecule has 1 heterocycles. The molecule has 0 fully saturated rings. The van der Waals surface area contributed by atoms with E-state index in [1.165, 1.54) is 0 Å². The molecule has 0 atom stereocenters. The van der Waals surface area contributed by atoms with Crippen molar-refractivity contribution in [3.63, 3.8) is 0 Å². The Hall–Kier alpha value is -2.14. The van der Waals surface area contributed by atoms with E-state index >= 15 is 0 Å². The van der Waals surface area contributed by atoms with Crippen molar-refractivity contribution < 1.29 is 14.7 Å². The van der Waals surface area contributed by atoms with E-state index in [1.54, 1.807) is 24.7 Å². The predicted molar refractivity (Wildman–Crippen MR) is 62.3 cm³/mol. The van der Waals surface area contributed by atoms with Crippen LogP contribution in [0.1, 0.15) is 16.1 Å². The van der Waals surface area contributed by atoms with Crippen molar-refractivity contribution in [3.8, 4) is 5.75 Å². The molecule has 0 saturated carbocycles. The number of benzene rings is 1. The fourth-order valence-electron chi connectivity index (χ4n) is 1.73. The lowest BCUT2D eigenvalue weighted by molar-refractivity contribution is 0.0701. The fourth-order valence-corrected chi connectivity index (χ4v) is 1.73. The molecule has 0 saturated heterocycles. The summed E-state index contributed by atoms with van der Waals surface area (Å²) in [6.07, 6.45) is 0. The molecule has 5 nitrogen and oxygen atoms in total. The summed E-state index contributed by atoms with van der Waals surface area (Å²) in [7, 11) is 1.55. The van der Waals surface area contributed by atoms with Crippen molar-refractivity contribution in [1.82, 2.24) is 10.5 Å². The third kappa shape index (κ3) is 1.92. The van der Waals surface area contributed by atoms with Crippen molar-refractivity contribution in [1.29, 1.82) is 0 Å². The van der Waals surface area contributed by atoms with Crippen LogP contribution in [-0.4, -0.2) is 23.2 Å². The van der Waals surface area contributed by atoms with Crippen molar-refractivity contribution in [2.45, 2.75) is 6.92 Å². The first kappa shape index (κ1) is 11.3. The van der Waals surface area contributed by atoms with E-state index < -0.39 is 5.91 Å². The van der Waals surface area contributed by atoms with Gasteiger partial charge in [-0.15, -0.1) is 0 Å². The van der Waals surface area contributed by atoms with E-state index in [0.29, 0.717) is 11.3 Å². The van der Waals surface area contributed by atoms with Gasteiger partial charge in [0.05, 0.1) is 7.11 Å². The molecule has 0 aliphatic rings. The lowest BCUT2D eigenvalue weighted by Gasteiger charge is -2.08. The fraction of sp³-hybridized carbons (Fsp3) is 0.167. The summed E-state index contributed by atoms with van der Waals surface area (Å²) in [4.78, 5) is 15.5. The molecule has 0 aliphatic heterocycles. The van der Waals surface area contributed by atoms with Crippen molar-refractivity contribution in [2.75, 3.05) is 7.11 Å². The van der Waals surface area contributed by atoms with E-state index in [-0.39, 0.29) is 5.69 Å². The molecule has 1 aromatic heterocycles. The zero-order chi connectivity index (χ0) is 12.4. The molecule has 88 valence electrons. The molecule has 0 unspecified atom stereocenters. The Morgan fingerprint density at radius 1 is 1.47 bits per heavy atom. The van der Waals surface area contributed by atoms with Crippen molar-refractivity contribution >= 4 is 16.8 Å². The Kier molecular flexibility index (Phi) is 2.93. The molecule has 2 N–H and O–H groups in total. The van der Waals surface area contributed by atoms with Crippen LogP contribution in [0.3, 0.4) is 0 Å². The lowest BCUT2D eigenvalue weighted by atomic mass is 10.1. The van der Waals surface area contributed by atoms with Crippen molar-refractivity contribution in [3.05, 3.63) is 35.5 Å². The SMILES string of the molecule is COc1cccc2c(C)cc(C(=O)NO)nc12. The second-order valence-electron chi connectivity index (χ2n) is 3.62. The van der Waals surface area contributed by atoms with Crippen LogP contribution >= 0.6 is 0 Å². The van der Waals surface area contributed by atoms with Gasteiger partial charge in [-0.1, -0.05) is 12.1 Å². The van der Waals surface area contributed by atoms with E-state index in [4.69, 9.17) is 9.94 Å². The first-order chi connectivity index (χ1) is 8.17. The molecule has 17 heavy (non-hydrogen) atoms. The Morgan fingerprint density at radius 3 is 2.88 bits per heavy atom. The Balaban J connectivity index is 2.74. The zero-order valence-corrected chi connectivity index (χ0v) is 9.52. The van der Waals surface area contributed by atoms with Gasteiger partial charge < -0.3 is 4.74 Å². The number of hydrogen-bond acceptors (Lipinski definition) is 4. The highest BCUT2D eigenvalue weighted by Gasteiger charge is 2.11. The molecule has 0 spiro atoms. The van der Waals surface area contributed by atoms with E-state index in [9.17, 15) is 4.79 Å². The molecule has 2 aromatic rings. The summed E-state index contributed by atoms with van der Waals surface area (Å²) in [5, 5.41) is 9.52. The number of aromatic nitrogens is 1. The van der Waals surface area contributed by atoms with E-state index in [1.807, 2.05) is 19.1 Å². The number of para-hydroxylation sites is 1. The number of nitrogens with zero attached hydrogens (tertiary/aromatic N) is 1. The monoisotopic (exact) mass is 232 g/mol. The minimum absolute atomic E-state index is 0.155. The number of carbonyl (C=O) groups excluding carboxylic acids is 1. The number of pyridine rings is 1. The minimum Gasteiger partial charge on any atom is -0.494 e. The molecule has 1 amide bonds. The molecule has 2 rings (SSSR count). The van der Waals surface area contributed by atoms with Crippen LogP contribution in [-0.2, 0) is 0 Å². The number of fused-ring (bicyclic) bond motifs is 1. The summed E-state index contributed by atoms with van der Waals surface area (Å²) in [5.74, 6) is -0.0425. The number of aryl methyl sites for hydroxylation is 1. The highest BCUT2D eigenvalue weighted by molar-refractivity contribution is 5.96. The van der Waals surface area contributed by atoms with Gasteiger partial charge in [0.25, 0.3) is 5.91 Å². The smallest absolute Gasteiger partial charge is 0.293 e. The van der Waals surface area contributed by atoms with Gasteiger partial charge in [0.15, 0.2) is 0 Å². The molecule has 0 bridgehead atoms. The summed E-state index contributed by atoms with van der Waals surface area (Å²) >= 11 is 0. The maximum absolute atomic E-state index is 11.3. The molecule has 5 heteroatoms. The number of methoxy groups -OCH3 is 1. The average molecular weight is 232 g/mol. The standard InChI is InChI=1S/C12H12N2O3/c1-7-6-9(12(15)14-16)13-11-8(7)4-3-5-10(11)17-2/h3-6,16H,1-2H3,(H,14,15). The number of ether oxygens (including phenoxy) is 1. The summed E-state index contributed by atoms with van der Waals surface area (Å²) in [5.41, 5.74) is 3.22. The van der Waals surface area contributed by atoms with Crippen LogP contribution in [0.4, 0.5) is 0 Å². The largest absolute Gasteiger partial charge is 0.494 e. The van der Waals surface area contributed by atoms with Gasteiger partial charge in [0, 0.05) is 5.39 Å². The summed E-state index contributed by atoms with van der Waals surface area (Å²) in [6, 6.07) is 7.16. The topological polar surface area (TPSA) is 71.5 Å². The van der Waals surface area contributed by atoms with Crippen molar-refractivity contribution in [2.24, 2.45) is 0 Å². The van der Waals surface area contributed by atoms with Crippen LogP contribution in [0.5, 0.6) is 5.75 Å². The maximum Gasteiger partial charge on any atom is 0.293 e. The second-order valence-corrected chi connectivity index (χ2v) is 3.62. The second kappa shape index (κ2) is 4.39. The third-order valence-corrected chi connectivity index (χ3v) is 2.56. The van der Waals surface area contributed by atoms with Gasteiger partial charge in [0.2, 0.25) is 0 Å². The predicted octanol–water partition coefficient (Wildman–Crippen LogP) is 1.67. The number of hydroxylamine groups is 1. The van der Waals surface area contributed by atoms with Gasteiger partial charge in [-0.3, -0.25) is 10.0 Å². The van der Waals surface area contributed by atoms with Crippen LogP contribution in [0.2, 0.25) is 0 Å². The average Bonchev–Trinajstić information content (AvgIpc) is 2.37. The highest BCUT2D eigenvalue weighted by atomic mass is 16.5. The number of carbonyl (C=O) groups is 1. The highest BCUT2D eigenvalue weighted by Crippen LogP contribution is 2.26. The van der Waals surface area contributed by atoms with E-state index in [2.05, 4.69) is 4.98 Å². The van der Waals surface area contributed by atoms with Crippen LogP contribution in [0.15, 0.2) is 24.3 Å². The minimum atomic E-state index is -0.638. The molecular weight excluding hydrogens is 220 g/mol. The van der Waals surface area contributed by atoms with Gasteiger partial charge in [-0.05, 0) is 24.6 Å². The van der Waals surface area contributed by atoms with Crippen LogP contribution in [0.25, 0.3) is 10.9 Å². The third-order valence-electron chi connectivity index (χ3n) is 2.56. The molecule has 0 aliphatic carbocycles. The van der Waals surface area contributed by atoms with Gasteiger partial charge in [-0.2, -0.15) is 0 Å². The quantitative estimate of drug-likeness (QED) is 0.610. The number of amides is 1. The van der Waals surface area contributed by atoms with E-state index in [0.717, 1.165) is 10.9 Å². The van der Waals surface area contributed by atoms with Crippen LogP contribution < -0.4 is 10.2 Å². The zero-order valence-electron chi connectivity index (χ0n) is 9.52. The summed E-state index contributed by atoms with van der Waals surface area (Å²) in [6.45, 7) is 1.87. The van der Waals surface area contributed by atoms with Gasteiger partial charge in [-0.25, -0.2) is 10.5 Å². The van der Waals surface area contributed by atoms with Crippen LogP contribution in [0, 0.1) is 6.92 Å². The first-order valence-electron chi connectivity index (χ1n) is 5.06. The summed E-state index contributed by atoms with van der Waals surface area (Å²) < 4.78 is 5.19. The Bertz CT molecular complexity index is 581. The number of rotatable bonds is 2. The van der Waals surface area contributed by atoms with Gasteiger partial charge in [0.1, 0.15) is 17.0 Å². The number of nitrogens with one attached hydrogen (secondary N) is 1. The molecule has 0 radical (unpaired) electrons. The van der Waals surface area contributed by atoms with Gasteiger partial charge >= 0.3 is 0 Å². The first-order valence-corrected chi connectivity index (χ1v) is 5.06.